The van der Waals surface area contributed by atoms with Gasteiger partial charge in [-0.1, -0.05) is 12.1 Å². The molecule has 1 aromatic carbocycles. The molecule has 1 saturated carbocycles. The molecule has 2 unspecified atom stereocenters. The average molecular weight is 268 g/mol. The molecule has 0 bridgehead atoms. The van der Waals surface area contributed by atoms with Gasteiger partial charge in [0.2, 0.25) is 0 Å². The van der Waals surface area contributed by atoms with Crippen LogP contribution in [0.2, 0.25) is 0 Å². The lowest BCUT2D eigenvalue weighted by atomic mass is 10.1. The van der Waals surface area contributed by atoms with Crippen LogP contribution >= 0.6 is 11.6 Å². The van der Waals surface area contributed by atoms with E-state index in [0.29, 0.717) is 23.9 Å². The lowest BCUT2D eigenvalue weighted by Crippen LogP contribution is -2.28. The zero-order valence-electron chi connectivity index (χ0n) is 10.2. The van der Waals surface area contributed by atoms with Gasteiger partial charge in [-0.15, -0.1) is 11.6 Å². The number of benzene rings is 1. The second-order valence-corrected chi connectivity index (χ2v) is 5.14. The van der Waals surface area contributed by atoms with Crippen LogP contribution < -0.4 is 5.32 Å². The molecule has 0 aliphatic heterocycles. The number of nitrogens with one attached hydrogen (secondary N) is 1. The molecule has 0 saturated heterocycles. The lowest BCUT2D eigenvalue weighted by molar-refractivity contribution is 0.0945. The smallest absolute Gasteiger partial charge is 0.251 e. The number of hydrogen-bond donors (Lipinski definition) is 2. The number of carbonyl (C=O) groups excluding carboxylic acids is 1. The number of carbonyl (C=O) groups is 1. The molecule has 2 rings (SSSR count). The summed E-state index contributed by atoms with van der Waals surface area (Å²) in [4.78, 5) is 11.9. The minimum absolute atomic E-state index is 0.0663. The Balaban J connectivity index is 1.87. The van der Waals surface area contributed by atoms with E-state index >= 15 is 0 Å². The maximum Gasteiger partial charge on any atom is 0.251 e. The third-order valence-electron chi connectivity index (χ3n) is 3.41. The Morgan fingerprint density at radius 3 is 2.94 bits per heavy atom. The summed E-state index contributed by atoms with van der Waals surface area (Å²) in [6.45, 7) is 0.640. The molecule has 2 atom stereocenters. The van der Waals surface area contributed by atoms with Crippen LogP contribution in [0, 0.1) is 5.92 Å². The highest BCUT2D eigenvalue weighted by Crippen LogP contribution is 2.24. The molecule has 0 spiro atoms. The molecule has 0 aromatic heterocycles. The van der Waals surface area contributed by atoms with Crippen LogP contribution in [0.25, 0.3) is 0 Å². The first-order valence-electron chi connectivity index (χ1n) is 6.30. The van der Waals surface area contributed by atoms with Gasteiger partial charge in [-0.25, -0.2) is 0 Å². The lowest BCUT2D eigenvalue weighted by Gasteiger charge is -2.11. The third-order valence-corrected chi connectivity index (χ3v) is 3.72. The van der Waals surface area contributed by atoms with Crippen LogP contribution in [0.3, 0.4) is 0 Å². The quantitative estimate of drug-likeness (QED) is 0.823. The van der Waals surface area contributed by atoms with E-state index in [2.05, 4.69) is 5.32 Å². The van der Waals surface area contributed by atoms with E-state index in [1.165, 1.54) is 0 Å². The Bertz CT molecular complexity index is 422. The van der Waals surface area contributed by atoms with Crippen LogP contribution in [0.5, 0.6) is 0 Å². The maximum atomic E-state index is 11.9. The van der Waals surface area contributed by atoms with E-state index < -0.39 is 0 Å². The third kappa shape index (κ3) is 3.47. The first kappa shape index (κ1) is 13.4. The van der Waals surface area contributed by atoms with Crippen molar-refractivity contribution in [2.24, 2.45) is 5.92 Å². The Hall–Kier alpha value is -1.06. The zero-order valence-corrected chi connectivity index (χ0v) is 11.0. The number of aliphatic hydroxyl groups excluding tert-OH is 1. The molecule has 1 aromatic rings. The molecule has 1 amide bonds. The van der Waals surface area contributed by atoms with Crippen molar-refractivity contribution in [3.8, 4) is 0 Å². The minimum Gasteiger partial charge on any atom is -0.393 e. The monoisotopic (exact) mass is 267 g/mol. The minimum atomic E-state index is -0.188. The maximum absolute atomic E-state index is 11.9. The van der Waals surface area contributed by atoms with Crippen molar-refractivity contribution in [3.63, 3.8) is 0 Å². The summed E-state index contributed by atoms with van der Waals surface area (Å²) in [6, 6.07) is 7.34. The van der Waals surface area contributed by atoms with Crippen LogP contribution in [-0.2, 0) is 5.88 Å². The SMILES string of the molecule is O=C(NCC1CCC(O)C1)c1cccc(CCl)c1. The van der Waals surface area contributed by atoms with Crippen molar-refractivity contribution in [1.82, 2.24) is 5.32 Å². The molecule has 98 valence electrons. The second kappa shape index (κ2) is 6.21. The van der Waals surface area contributed by atoms with Gasteiger partial charge in [-0.3, -0.25) is 4.79 Å². The molecule has 2 N–H and O–H groups in total. The Morgan fingerprint density at radius 1 is 1.44 bits per heavy atom. The fourth-order valence-electron chi connectivity index (χ4n) is 2.37. The summed E-state index contributed by atoms with van der Waals surface area (Å²) < 4.78 is 0. The summed E-state index contributed by atoms with van der Waals surface area (Å²) in [5, 5.41) is 12.3. The fraction of sp³-hybridized carbons (Fsp3) is 0.500. The van der Waals surface area contributed by atoms with Crippen molar-refractivity contribution in [1.29, 1.82) is 0 Å². The summed E-state index contributed by atoms with van der Waals surface area (Å²) in [5.41, 5.74) is 1.59. The van der Waals surface area contributed by atoms with E-state index in [0.717, 1.165) is 24.8 Å². The van der Waals surface area contributed by atoms with Crippen LogP contribution in [-0.4, -0.2) is 23.7 Å². The predicted octanol–water partition coefficient (Wildman–Crippen LogP) is 2.32. The predicted molar refractivity (Wildman–Crippen MR) is 71.7 cm³/mol. The van der Waals surface area contributed by atoms with Crippen LogP contribution in [0.4, 0.5) is 0 Å². The standard InChI is InChI=1S/C14H18ClNO2/c15-8-10-2-1-3-12(6-10)14(18)16-9-11-4-5-13(17)7-11/h1-3,6,11,13,17H,4-5,7-9H2,(H,16,18). The topological polar surface area (TPSA) is 49.3 Å². The fourth-order valence-corrected chi connectivity index (χ4v) is 2.53. The van der Waals surface area contributed by atoms with E-state index in [1.807, 2.05) is 18.2 Å². The van der Waals surface area contributed by atoms with Crippen molar-refractivity contribution >= 4 is 17.5 Å². The van der Waals surface area contributed by atoms with Gasteiger partial charge in [0.05, 0.1) is 6.10 Å². The Morgan fingerprint density at radius 2 is 2.28 bits per heavy atom. The molecule has 1 aliphatic rings. The Kier molecular flexibility index (Phi) is 4.61. The molecular formula is C14H18ClNO2. The van der Waals surface area contributed by atoms with Gasteiger partial charge >= 0.3 is 0 Å². The highest BCUT2D eigenvalue weighted by atomic mass is 35.5. The largest absolute Gasteiger partial charge is 0.393 e. The molecule has 1 aliphatic carbocycles. The highest BCUT2D eigenvalue weighted by Gasteiger charge is 2.23. The highest BCUT2D eigenvalue weighted by molar-refractivity contribution is 6.17. The van der Waals surface area contributed by atoms with Crippen molar-refractivity contribution in [2.45, 2.75) is 31.2 Å². The number of aliphatic hydroxyl groups is 1. The van der Waals surface area contributed by atoms with Gasteiger partial charge in [-0.05, 0) is 42.9 Å². The average Bonchev–Trinajstić information content (AvgIpc) is 2.82. The van der Waals surface area contributed by atoms with Gasteiger partial charge < -0.3 is 10.4 Å². The summed E-state index contributed by atoms with van der Waals surface area (Å²) in [6.07, 6.45) is 2.44. The number of rotatable bonds is 4. The molecular weight excluding hydrogens is 250 g/mol. The van der Waals surface area contributed by atoms with Gasteiger partial charge in [0.15, 0.2) is 0 Å². The molecule has 0 heterocycles. The Labute approximate surface area is 112 Å². The van der Waals surface area contributed by atoms with Crippen LogP contribution in [0.1, 0.15) is 35.2 Å². The number of hydrogen-bond acceptors (Lipinski definition) is 2. The zero-order chi connectivity index (χ0) is 13.0. The first-order valence-corrected chi connectivity index (χ1v) is 6.83. The van der Waals surface area contributed by atoms with Gasteiger partial charge in [0, 0.05) is 18.0 Å². The van der Waals surface area contributed by atoms with E-state index in [1.54, 1.807) is 6.07 Å². The molecule has 4 heteroatoms. The summed E-state index contributed by atoms with van der Waals surface area (Å²) in [7, 11) is 0. The molecule has 1 fully saturated rings. The molecule has 0 radical (unpaired) electrons. The first-order chi connectivity index (χ1) is 8.69. The molecule has 18 heavy (non-hydrogen) atoms. The van der Waals surface area contributed by atoms with E-state index in [-0.39, 0.29) is 12.0 Å². The number of amides is 1. The van der Waals surface area contributed by atoms with E-state index in [4.69, 9.17) is 11.6 Å². The van der Waals surface area contributed by atoms with Gasteiger partial charge in [0.25, 0.3) is 5.91 Å². The van der Waals surface area contributed by atoms with E-state index in [9.17, 15) is 9.90 Å². The normalized spacial score (nSPS) is 23.0. The van der Waals surface area contributed by atoms with Crippen molar-refractivity contribution in [2.75, 3.05) is 6.54 Å². The van der Waals surface area contributed by atoms with Gasteiger partial charge in [0.1, 0.15) is 0 Å². The number of halogens is 1. The number of alkyl halides is 1. The summed E-state index contributed by atoms with van der Waals surface area (Å²) >= 11 is 5.74. The second-order valence-electron chi connectivity index (χ2n) is 4.88. The van der Waals surface area contributed by atoms with Crippen molar-refractivity contribution in [3.05, 3.63) is 35.4 Å². The summed E-state index contributed by atoms with van der Waals surface area (Å²) in [5.74, 6) is 0.749. The molecule has 3 nitrogen and oxygen atoms in total. The van der Waals surface area contributed by atoms with Crippen LogP contribution in [0.15, 0.2) is 24.3 Å². The van der Waals surface area contributed by atoms with Crippen molar-refractivity contribution < 1.29 is 9.90 Å². The van der Waals surface area contributed by atoms with Gasteiger partial charge in [-0.2, -0.15) is 0 Å².